The first-order valence-corrected chi connectivity index (χ1v) is 27.0. The lowest BCUT2D eigenvalue weighted by Gasteiger charge is -2.21. The van der Waals surface area contributed by atoms with Crippen LogP contribution in [0.15, 0.2) is 48.6 Å². The van der Waals surface area contributed by atoms with Crippen LogP contribution in [0.25, 0.3) is 0 Å². The number of carbonyl (C=O) groups excluding carboxylic acids is 3. The molecule has 0 bridgehead atoms. The summed E-state index contributed by atoms with van der Waals surface area (Å²) in [4.78, 5) is 48.2. The largest absolute Gasteiger partial charge is 0.472 e. The molecule has 0 rings (SSSR count). The van der Waals surface area contributed by atoms with E-state index in [1.165, 1.54) is 51.4 Å². The number of allylic oxidation sites excluding steroid dienone is 8. The Morgan fingerprint density at radius 1 is 0.438 bits per heavy atom. The van der Waals surface area contributed by atoms with Crippen LogP contribution in [0, 0.1) is 0 Å². The zero-order valence-electron chi connectivity index (χ0n) is 40.7. The number of ether oxygens (including phenoxy) is 3. The second kappa shape index (κ2) is 47.0. The third kappa shape index (κ3) is 44.6. The third-order valence-corrected chi connectivity index (χ3v) is 11.7. The Kier molecular flexibility index (Phi) is 45.1. The lowest BCUT2D eigenvalue weighted by atomic mass is 10.1. The molecule has 0 aliphatic rings. The molecule has 0 aromatic rings. The van der Waals surface area contributed by atoms with Gasteiger partial charge < -0.3 is 24.2 Å². The number of unbranched alkanes of at least 4 members (excludes halogenated alkanes) is 22. The number of hydrogen-bond acceptors (Lipinski definition) is 10. The van der Waals surface area contributed by atoms with E-state index in [9.17, 15) is 28.9 Å². The van der Waals surface area contributed by atoms with Gasteiger partial charge in [0.25, 0.3) is 0 Å². The van der Waals surface area contributed by atoms with Crippen molar-refractivity contribution in [3.05, 3.63) is 48.6 Å². The number of esters is 3. The van der Waals surface area contributed by atoms with E-state index >= 15 is 0 Å². The van der Waals surface area contributed by atoms with Crippen LogP contribution in [-0.2, 0) is 42.2 Å². The summed E-state index contributed by atoms with van der Waals surface area (Å²) in [5.74, 6) is -1.50. The summed E-state index contributed by atoms with van der Waals surface area (Å²) in [6.07, 6.45) is 46.6. The van der Waals surface area contributed by atoms with Gasteiger partial charge in [0.1, 0.15) is 12.7 Å². The van der Waals surface area contributed by atoms with Crippen molar-refractivity contribution in [1.82, 2.24) is 0 Å². The molecule has 0 amide bonds. The van der Waals surface area contributed by atoms with Gasteiger partial charge in [0.2, 0.25) is 0 Å². The van der Waals surface area contributed by atoms with Crippen LogP contribution < -0.4 is 0 Å². The molecule has 372 valence electrons. The van der Waals surface area contributed by atoms with E-state index in [0.29, 0.717) is 19.3 Å². The van der Waals surface area contributed by atoms with E-state index in [-0.39, 0.29) is 25.9 Å². The number of rotatable bonds is 47. The molecule has 11 nitrogen and oxygen atoms in total. The SMILES string of the molecule is CCC/C=C\C/C=C\CCCCCCCC(=O)OC(COC(=O)CCCCCCC/C=C\C/C=C\CCCCC)COP(=O)(O)OCC(CO)OC(=O)CCCCCCCCCCC. The second-order valence-electron chi connectivity index (χ2n) is 17.0. The van der Waals surface area contributed by atoms with Gasteiger partial charge in [-0.1, -0.05) is 179 Å². The number of phosphoric acid groups is 1. The quantitative estimate of drug-likeness (QED) is 0.0197. The summed E-state index contributed by atoms with van der Waals surface area (Å²) >= 11 is 0. The molecule has 2 N–H and O–H groups in total. The van der Waals surface area contributed by atoms with E-state index in [0.717, 1.165) is 116 Å². The van der Waals surface area contributed by atoms with Crippen LogP contribution in [0.1, 0.15) is 226 Å². The predicted octanol–water partition coefficient (Wildman–Crippen LogP) is 14.2. The molecule has 3 unspecified atom stereocenters. The van der Waals surface area contributed by atoms with E-state index in [1.54, 1.807) is 0 Å². The van der Waals surface area contributed by atoms with Crippen LogP contribution in [0.2, 0.25) is 0 Å². The summed E-state index contributed by atoms with van der Waals surface area (Å²) in [7, 11) is -4.74. The average Bonchev–Trinajstić information content (AvgIpc) is 3.28. The van der Waals surface area contributed by atoms with Gasteiger partial charge in [0, 0.05) is 19.3 Å². The lowest BCUT2D eigenvalue weighted by molar-refractivity contribution is -0.161. The van der Waals surface area contributed by atoms with Crippen LogP contribution in [0.3, 0.4) is 0 Å². The molecule has 0 heterocycles. The van der Waals surface area contributed by atoms with Crippen LogP contribution in [0.5, 0.6) is 0 Å². The van der Waals surface area contributed by atoms with E-state index < -0.39 is 57.8 Å². The second-order valence-corrected chi connectivity index (χ2v) is 18.4. The minimum absolute atomic E-state index is 0.149. The number of carbonyl (C=O) groups is 3. The van der Waals surface area contributed by atoms with Crippen molar-refractivity contribution in [2.75, 3.05) is 26.4 Å². The fourth-order valence-corrected chi connectivity index (χ4v) is 7.56. The first kappa shape index (κ1) is 61.4. The summed E-state index contributed by atoms with van der Waals surface area (Å²) in [5, 5.41) is 9.73. The van der Waals surface area contributed by atoms with Crippen LogP contribution in [0.4, 0.5) is 0 Å². The number of hydrogen-bond donors (Lipinski definition) is 2. The van der Waals surface area contributed by atoms with Crippen LogP contribution in [-0.4, -0.2) is 66.5 Å². The molecular formula is C52H93O11P. The van der Waals surface area contributed by atoms with E-state index in [2.05, 4.69) is 69.4 Å². The number of aliphatic hydroxyl groups is 1. The summed E-state index contributed by atoms with van der Waals surface area (Å²) < 4.78 is 39.2. The van der Waals surface area contributed by atoms with Crippen molar-refractivity contribution in [2.45, 2.75) is 238 Å². The zero-order chi connectivity index (χ0) is 47.0. The molecule has 0 aliphatic carbocycles. The van der Waals surface area contributed by atoms with Gasteiger partial charge in [-0.3, -0.25) is 23.4 Å². The monoisotopic (exact) mass is 925 g/mol. The first-order valence-electron chi connectivity index (χ1n) is 25.5. The maximum atomic E-state index is 12.8. The van der Waals surface area contributed by atoms with Crippen LogP contribution >= 0.6 is 7.82 Å². The molecule has 64 heavy (non-hydrogen) atoms. The Hall–Kier alpha value is -2.56. The molecule has 0 saturated carbocycles. The molecule has 0 aliphatic heterocycles. The normalized spacial score (nSPS) is 13.9. The van der Waals surface area contributed by atoms with Crippen molar-refractivity contribution < 1.29 is 52.2 Å². The Balaban J connectivity index is 4.78. The molecule has 0 aromatic heterocycles. The van der Waals surface area contributed by atoms with Crippen molar-refractivity contribution >= 4 is 25.7 Å². The summed E-state index contributed by atoms with van der Waals surface area (Å²) in [5.41, 5.74) is 0. The van der Waals surface area contributed by atoms with Crippen molar-refractivity contribution in [2.24, 2.45) is 0 Å². The van der Waals surface area contributed by atoms with Gasteiger partial charge in [-0.2, -0.15) is 0 Å². The van der Waals surface area contributed by atoms with Gasteiger partial charge in [0.15, 0.2) is 6.10 Å². The fourth-order valence-electron chi connectivity index (χ4n) is 6.78. The molecular weight excluding hydrogens is 832 g/mol. The molecule has 0 spiro atoms. The Bertz CT molecular complexity index is 1260. The van der Waals surface area contributed by atoms with Gasteiger partial charge in [0.05, 0.1) is 19.8 Å². The summed E-state index contributed by atoms with van der Waals surface area (Å²) in [6.45, 7) is 4.48. The zero-order valence-corrected chi connectivity index (χ0v) is 41.6. The smallest absolute Gasteiger partial charge is 0.462 e. The van der Waals surface area contributed by atoms with E-state index in [4.69, 9.17) is 23.3 Å². The minimum atomic E-state index is -4.74. The highest BCUT2D eigenvalue weighted by Crippen LogP contribution is 2.43. The molecule has 0 saturated heterocycles. The standard InChI is InChI=1S/C52H93O11P/c1-4-7-10-13-16-19-21-23-24-26-27-30-32-35-38-41-50(54)59-45-49(63-52(56)43-40-37-34-31-28-25-22-20-17-14-11-8-5-2)47-61-64(57,58)60-46-48(44-53)62-51(55)42-39-36-33-29-18-15-12-9-6-3/h11,14,16,19-20,22-24,48-49,53H,4-10,12-13,15,17-18,21,25-47H2,1-3H3,(H,57,58)/b14-11-,19-16-,22-20-,24-23-. The van der Waals surface area contributed by atoms with Crippen molar-refractivity contribution in [3.63, 3.8) is 0 Å². The molecule has 3 atom stereocenters. The first-order chi connectivity index (χ1) is 31.2. The molecule has 0 fully saturated rings. The van der Waals surface area contributed by atoms with Gasteiger partial charge in [-0.05, 0) is 77.0 Å². The van der Waals surface area contributed by atoms with Gasteiger partial charge >= 0.3 is 25.7 Å². The summed E-state index contributed by atoms with van der Waals surface area (Å²) in [6, 6.07) is 0. The minimum Gasteiger partial charge on any atom is -0.462 e. The fraction of sp³-hybridized carbons (Fsp3) is 0.788. The molecule has 0 radical (unpaired) electrons. The maximum Gasteiger partial charge on any atom is 0.472 e. The number of aliphatic hydroxyl groups excluding tert-OH is 1. The van der Waals surface area contributed by atoms with Crippen molar-refractivity contribution in [1.29, 1.82) is 0 Å². The highest BCUT2D eigenvalue weighted by molar-refractivity contribution is 7.47. The van der Waals surface area contributed by atoms with E-state index in [1.807, 2.05) is 0 Å². The average molecular weight is 925 g/mol. The lowest BCUT2D eigenvalue weighted by Crippen LogP contribution is -2.30. The Morgan fingerprint density at radius 3 is 1.25 bits per heavy atom. The Labute approximate surface area is 390 Å². The van der Waals surface area contributed by atoms with Gasteiger partial charge in [-0.15, -0.1) is 0 Å². The van der Waals surface area contributed by atoms with Gasteiger partial charge in [-0.25, -0.2) is 4.57 Å². The topological polar surface area (TPSA) is 155 Å². The molecule has 0 aromatic carbocycles. The highest BCUT2D eigenvalue weighted by Gasteiger charge is 2.28. The molecule has 12 heteroatoms. The number of phosphoric ester groups is 1. The predicted molar refractivity (Wildman–Crippen MR) is 261 cm³/mol. The third-order valence-electron chi connectivity index (χ3n) is 10.7. The maximum absolute atomic E-state index is 12.8. The Morgan fingerprint density at radius 2 is 0.797 bits per heavy atom. The highest BCUT2D eigenvalue weighted by atomic mass is 31.2. The van der Waals surface area contributed by atoms with Crippen molar-refractivity contribution in [3.8, 4) is 0 Å².